The van der Waals surface area contributed by atoms with Gasteiger partial charge in [-0.2, -0.15) is 5.09 Å². The molecule has 0 saturated heterocycles. The van der Waals surface area contributed by atoms with Crippen LogP contribution in [-0.4, -0.2) is 58.0 Å². The lowest BCUT2D eigenvalue weighted by Crippen LogP contribution is -2.42. The highest BCUT2D eigenvalue weighted by Crippen LogP contribution is 2.49. The Morgan fingerprint density at radius 1 is 0.750 bits per heavy atom. The Bertz CT molecular complexity index is 557. The van der Waals surface area contributed by atoms with Gasteiger partial charge in [0.2, 0.25) is 7.59 Å². The molecule has 2 N–H and O–H groups in total. The Balaban J connectivity index is 5.14. The first-order chi connectivity index (χ1) is 14.7. The average Bonchev–Trinajstić information content (AvgIpc) is 2.62. The predicted octanol–water partition coefficient (Wildman–Crippen LogP) is 6.67. The second-order valence-corrected chi connectivity index (χ2v) is 15.0. The highest BCUT2D eigenvalue weighted by molar-refractivity contribution is 8.00. The molecule has 9 nitrogen and oxygen atoms in total. The van der Waals surface area contributed by atoms with Crippen LogP contribution in [0.1, 0.15) is 27.7 Å². The molecule has 2 atom stereocenters. The molecule has 0 bridgehead atoms. The van der Waals surface area contributed by atoms with Gasteiger partial charge in [0, 0.05) is 5.75 Å². The van der Waals surface area contributed by atoms with Gasteiger partial charge < -0.3 is 4.74 Å². The van der Waals surface area contributed by atoms with Crippen molar-refractivity contribution < 1.29 is 32.0 Å². The molecule has 0 aromatic rings. The Labute approximate surface area is 223 Å². The van der Waals surface area contributed by atoms with Crippen LogP contribution in [0.2, 0.25) is 0 Å². The van der Waals surface area contributed by atoms with Crippen LogP contribution in [-0.2, 0) is 32.0 Å². The third-order valence-electron chi connectivity index (χ3n) is 2.99. The lowest BCUT2D eigenvalue weighted by molar-refractivity contribution is 0.0494. The molecule has 0 aliphatic carbocycles. The predicted molar refractivity (Wildman–Crippen MR) is 135 cm³/mol. The molecule has 2 unspecified atom stereocenters. The van der Waals surface area contributed by atoms with E-state index in [1.54, 1.807) is 27.7 Å². The molecular formula is C14H28Cl6N2O7P2S. The summed E-state index contributed by atoms with van der Waals surface area (Å²) in [6.45, 7) is 6.89. The lowest BCUT2D eigenvalue weighted by atomic mass is 10.6. The van der Waals surface area contributed by atoms with Crippen LogP contribution < -0.4 is 10.2 Å². The molecular weight excluding hydrogens is 615 g/mol. The minimum absolute atomic E-state index is 0.0546. The molecule has 0 fully saturated rings. The number of nitrogens with one attached hydrogen (secondary N) is 2. The maximum Gasteiger partial charge on any atom is 0.407 e. The van der Waals surface area contributed by atoms with Crippen molar-refractivity contribution >= 4 is 96.9 Å². The highest BCUT2D eigenvalue weighted by Gasteiger charge is 2.41. The summed E-state index contributed by atoms with van der Waals surface area (Å²) < 4.78 is 47.6. The van der Waals surface area contributed by atoms with E-state index in [0.717, 1.165) is 11.8 Å². The lowest BCUT2D eigenvalue weighted by Gasteiger charge is -2.30. The highest BCUT2D eigenvalue weighted by atomic mass is 35.6. The molecule has 0 heterocycles. The van der Waals surface area contributed by atoms with Crippen LogP contribution in [0.4, 0.5) is 0 Å². The number of rotatable bonds is 17. The van der Waals surface area contributed by atoms with E-state index in [0.29, 0.717) is 0 Å². The van der Waals surface area contributed by atoms with Gasteiger partial charge in [-0.1, -0.05) is 69.6 Å². The van der Waals surface area contributed by atoms with Crippen molar-refractivity contribution in [1.29, 1.82) is 0 Å². The van der Waals surface area contributed by atoms with E-state index >= 15 is 0 Å². The first-order valence-corrected chi connectivity index (χ1v) is 15.8. The summed E-state index contributed by atoms with van der Waals surface area (Å²) in [5.41, 5.74) is 0. The smallest absolute Gasteiger partial charge is 0.357 e. The molecule has 0 amide bonds. The van der Waals surface area contributed by atoms with E-state index in [-0.39, 0.29) is 38.8 Å². The molecule has 0 aliphatic heterocycles. The van der Waals surface area contributed by atoms with E-state index in [2.05, 4.69) is 10.2 Å². The van der Waals surface area contributed by atoms with Gasteiger partial charge in [-0.3, -0.25) is 18.1 Å². The zero-order chi connectivity index (χ0) is 25.1. The summed E-state index contributed by atoms with van der Waals surface area (Å²) in [4.78, 5) is 0. The van der Waals surface area contributed by atoms with Crippen LogP contribution in [0.3, 0.4) is 0 Å². The van der Waals surface area contributed by atoms with Crippen molar-refractivity contribution in [3.8, 4) is 0 Å². The zero-order valence-electron chi connectivity index (χ0n) is 17.8. The third kappa shape index (κ3) is 14.1. The first kappa shape index (κ1) is 34.3. The topological polar surface area (TPSA) is 104 Å². The van der Waals surface area contributed by atoms with Crippen LogP contribution >= 0.6 is 96.9 Å². The summed E-state index contributed by atoms with van der Waals surface area (Å²) in [6.07, 6.45) is -1.35. The summed E-state index contributed by atoms with van der Waals surface area (Å²) in [6, 6.07) is 0. The number of hydrogen-bond acceptors (Lipinski definition) is 8. The van der Waals surface area contributed by atoms with Crippen LogP contribution in [0.5, 0.6) is 0 Å². The molecule has 32 heavy (non-hydrogen) atoms. The minimum Gasteiger partial charge on any atom is -0.357 e. The number of hydrogen-bond donors (Lipinski definition) is 2. The van der Waals surface area contributed by atoms with Gasteiger partial charge in [0.15, 0.2) is 6.23 Å². The second kappa shape index (κ2) is 16.2. The van der Waals surface area contributed by atoms with Crippen molar-refractivity contribution in [3.05, 3.63) is 0 Å². The van der Waals surface area contributed by atoms with Crippen LogP contribution in [0, 0.1) is 0 Å². The molecule has 0 aromatic carbocycles. The van der Waals surface area contributed by atoms with E-state index in [4.69, 9.17) is 92.4 Å². The number of ether oxygens (including phenoxy) is 1. The van der Waals surface area contributed by atoms with Gasteiger partial charge in [0.05, 0.1) is 33.0 Å². The van der Waals surface area contributed by atoms with Gasteiger partial charge in [-0.05, 0) is 27.7 Å². The molecule has 0 aliphatic rings. The van der Waals surface area contributed by atoms with Crippen molar-refractivity contribution in [1.82, 2.24) is 10.2 Å². The van der Waals surface area contributed by atoms with E-state index in [1.165, 1.54) is 0 Å². The first-order valence-electron chi connectivity index (χ1n) is 9.36. The Kier molecular flexibility index (Phi) is 17.3. The number of thioether (sulfide) groups is 1. The Morgan fingerprint density at radius 2 is 1.16 bits per heavy atom. The minimum atomic E-state index is -3.79. The third-order valence-corrected chi connectivity index (χ3v) is 9.53. The number of halogens is 6. The fourth-order valence-corrected chi connectivity index (χ4v) is 7.62. The Morgan fingerprint density at radius 3 is 1.50 bits per heavy atom. The molecule has 0 radical (unpaired) electrons. The van der Waals surface area contributed by atoms with E-state index in [9.17, 15) is 9.13 Å². The van der Waals surface area contributed by atoms with Gasteiger partial charge in [0.1, 0.15) is 5.37 Å². The fourth-order valence-electron chi connectivity index (χ4n) is 1.93. The zero-order valence-corrected chi connectivity index (χ0v) is 25.0. The van der Waals surface area contributed by atoms with Crippen molar-refractivity contribution in [2.24, 2.45) is 0 Å². The van der Waals surface area contributed by atoms with Crippen LogP contribution in [0.15, 0.2) is 0 Å². The van der Waals surface area contributed by atoms with Crippen molar-refractivity contribution in [2.45, 2.75) is 46.9 Å². The molecule has 0 aromatic heterocycles. The largest absolute Gasteiger partial charge is 0.407 e. The van der Waals surface area contributed by atoms with Gasteiger partial charge in [0.25, 0.3) is 0 Å². The Hall–Kier alpha value is 2.27. The van der Waals surface area contributed by atoms with E-state index < -0.39 is 34.7 Å². The van der Waals surface area contributed by atoms with Crippen LogP contribution in [0.25, 0.3) is 0 Å². The maximum atomic E-state index is 12.7. The van der Waals surface area contributed by atoms with Crippen molar-refractivity contribution in [3.63, 3.8) is 0 Å². The second-order valence-electron chi connectivity index (χ2n) is 5.51. The van der Waals surface area contributed by atoms with Crippen molar-refractivity contribution in [2.75, 3.05) is 38.8 Å². The molecule has 18 heteroatoms. The van der Waals surface area contributed by atoms with Gasteiger partial charge in [-0.25, -0.2) is 14.2 Å². The fraction of sp³-hybridized carbons (Fsp3) is 1.00. The average molecular weight is 643 g/mol. The maximum absolute atomic E-state index is 12.7. The van der Waals surface area contributed by atoms with Gasteiger partial charge in [-0.15, -0.1) is 11.8 Å². The van der Waals surface area contributed by atoms with E-state index in [1.807, 2.05) is 0 Å². The summed E-state index contributed by atoms with van der Waals surface area (Å²) in [5, 5.41) is 4.07. The summed E-state index contributed by atoms with van der Waals surface area (Å²) >= 11 is 36.9. The molecule has 0 saturated carbocycles. The standard InChI is InChI=1S/C14H28Cl6N2O7P2S/c1-5-26-30(23,27-6-2)21-11(13(15,16)17)25-9-10-32-12(14(18,19)20)22-31(24,28-7-3)29-8-4/h11-12H,5-10H2,1-4H3,(H,21,23)(H,22,24). The molecule has 0 rings (SSSR count). The normalized spacial score (nSPS) is 15.7. The SMILES string of the molecule is CCOP(=O)(NC(OCCSC(NP(=O)(OCC)OCC)C(Cl)(Cl)Cl)C(Cl)(Cl)Cl)OCC. The monoisotopic (exact) mass is 640 g/mol. The summed E-state index contributed by atoms with van der Waals surface area (Å²) in [5.74, 6) is 0.177. The van der Waals surface area contributed by atoms with Gasteiger partial charge >= 0.3 is 15.5 Å². The molecule has 194 valence electrons. The number of alkyl halides is 6. The molecule has 0 spiro atoms. The summed E-state index contributed by atoms with van der Waals surface area (Å²) in [7, 11) is -7.51. The quantitative estimate of drug-likeness (QED) is 0.0774.